The third-order valence-electron chi connectivity index (χ3n) is 5.09. The molecule has 1 amide bonds. The molecule has 2 aromatic heterocycles. The Morgan fingerprint density at radius 2 is 1.84 bits per heavy atom. The number of alkyl halides is 3. The van der Waals surface area contributed by atoms with Crippen LogP contribution in [0.4, 0.5) is 18.9 Å². The van der Waals surface area contributed by atoms with E-state index in [1.165, 1.54) is 17.8 Å². The Bertz CT molecular complexity index is 1110. The Labute approximate surface area is 181 Å². The number of thioether (sulfide) groups is 1. The number of hydrogen-bond donors (Lipinski definition) is 0. The number of fused-ring (bicyclic) bond motifs is 1. The number of benzene rings is 1. The first-order chi connectivity index (χ1) is 14.7. The quantitative estimate of drug-likeness (QED) is 0.569. The van der Waals surface area contributed by atoms with Gasteiger partial charge in [-0.05, 0) is 38.1 Å². The van der Waals surface area contributed by atoms with Gasteiger partial charge in [-0.2, -0.15) is 18.2 Å². The Hall–Kier alpha value is -2.82. The molecule has 7 nitrogen and oxygen atoms in total. The Balaban J connectivity index is 1.33. The van der Waals surface area contributed by atoms with Crippen molar-refractivity contribution in [2.45, 2.75) is 25.2 Å². The van der Waals surface area contributed by atoms with Crippen molar-refractivity contribution < 1.29 is 18.0 Å². The highest BCUT2D eigenvalue weighted by Crippen LogP contribution is 2.32. The van der Waals surface area contributed by atoms with Crippen molar-refractivity contribution in [1.82, 2.24) is 24.5 Å². The Kier molecular flexibility index (Phi) is 5.78. The van der Waals surface area contributed by atoms with Gasteiger partial charge in [-0.15, -0.1) is 5.10 Å². The molecular formula is C20H21F3N6OS. The largest absolute Gasteiger partial charge is 0.416 e. The summed E-state index contributed by atoms with van der Waals surface area (Å²) in [6.07, 6.45) is -4.37. The summed E-state index contributed by atoms with van der Waals surface area (Å²) in [5, 5.41) is 4.87. The summed E-state index contributed by atoms with van der Waals surface area (Å²) in [4.78, 5) is 24.9. The van der Waals surface area contributed by atoms with Crippen LogP contribution in [0.1, 0.15) is 17.0 Å². The number of rotatable bonds is 4. The van der Waals surface area contributed by atoms with E-state index < -0.39 is 11.7 Å². The zero-order valence-electron chi connectivity index (χ0n) is 17.1. The minimum absolute atomic E-state index is 0.0478. The molecule has 0 saturated carbocycles. The van der Waals surface area contributed by atoms with E-state index in [2.05, 4.69) is 15.1 Å². The number of amides is 1. The number of carbonyl (C=O) groups excluding carboxylic acids is 1. The Morgan fingerprint density at radius 1 is 1.10 bits per heavy atom. The molecule has 11 heteroatoms. The normalized spacial score (nSPS) is 15.0. The minimum atomic E-state index is -4.37. The van der Waals surface area contributed by atoms with Gasteiger partial charge in [0.1, 0.15) is 0 Å². The van der Waals surface area contributed by atoms with Gasteiger partial charge >= 0.3 is 6.18 Å². The zero-order valence-corrected chi connectivity index (χ0v) is 17.9. The molecule has 1 saturated heterocycles. The standard InChI is InChI=1S/C20H21F3N6OS/c1-13-10-14(2)29-18(24-13)25-19(26-29)31-12-17(30)28-8-6-27(7-9-28)16-5-3-4-15(11-16)20(21,22)23/h3-5,10-11H,6-9,12H2,1-2H3. The van der Waals surface area contributed by atoms with Crippen LogP contribution in [-0.2, 0) is 11.0 Å². The smallest absolute Gasteiger partial charge is 0.368 e. The molecule has 1 aliphatic rings. The summed E-state index contributed by atoms with van der Waals surface area (Å²) >= 11 is 1.25. The summed E-state index contributed by atoms with van der Waals surface area (Å²) in [5.41, 5.74) is 1.62. The second-order valence-electron chi connectivity index (χ2n) is 7.35. The molecule has 0 spiro atoms. The molecule has 3 aromatic rings. The molecule has 31 heavy (non-hydrogen) atoms. The van der Waals surface area contributed by atoms with Crippen LogP contribution in [0.5, 0.6) is 0 Å². The van der Waals surface area contributed by atoms with Crippen molar-refractivity contribution in [2.24, 2.45) is 0 Å². The first kappa shape index (κ1) is 21.4. The van der Waals surface area contributed by atoms with E-state index in [4.69, 9.17) is 0 Å². The number of nitrogens with zero attached hydrogens (tertiary/aromatic N) is 6. The Morgan fingerprint density at radius 3 is 2.55 bits per heavy atom. The number of aromatic nitrogens is 4. The number of hydrogen-bond acceptors (Lipinski definition) is 6. The predicted octanol–water partition coefficient (Wildman–Crippen LogP) is 3.20. The van der Waals surface area contributed by atoms with E-state index in [0.29, 0.717) is 42.8 Å². The fourth-order valence-corrected chi connectivity index (χ4v) is 4.24. The van der Waals surface area contributed by atoms with Crippen LogP contribution in [0.25, 0.3) is 5.78 Å². The number of halogens is 3. The van der Waals surface area contributed by atoms with E-state index in [9.17, 15) is 18.0 Å². The molecule has 0 N–H and O–H groups in total. The molecule has 0 bridgehead atoms. The summed E-state index contributed by atoms with van der Waals surface area (Å²) in [7, 11) is 0. The highest BCUT2D eigenvalue weighted by molar-refractivity contribution is 7.99. The zero-order chi connectivity index (χ0) is 22.2. The van der Waals surface area contributed by atoms with Gasteiger partial charge in [0.15, 0.2) is 0 Å². The number of piperazine rings is 1. The summed E-state index contributed by atoms with van der Waals surface area (Å²) in [6, 6.07) is 7.19. The van der Waals surface area contributed by atoms with Gasteiger partial charge in [-0.1, -0.05) is 17.8 Å². The lowest BCUT2D eigenvalue weighted by molar-refractivity contribution is -0.137. The van der Waals surface area contributed by atoms with Crippen LogP contribution in [-0.4, -0.2) is 62.3 Å². The van der Waals surface area contributed by atoms with Crippen molar-refractivity contribution in [3.8, 4) is 0 Å². The highest BCUT2D eigenvalue weighted by atomic mass is 32.2. The van der Waals surface area contributed by atoms with Crippen LogP contribution in [0, 0.1) is 13.8 Å². The van der Waals surface area contributed by atoms with E-state index in [1.807, 2.05) is 24.8 Å². The maximum Gasteiger partial charge on any atom is 0.416 e. The van der Waals surface area contributed by atoms with Gasteiger partial charge < -0.3 is 9.80 Å². The number of carbonyl (C=O) groups is 1. The summed E-state index contributed by atoms with van der Waals surface area (Å²) < 4.78 is 40.5. The number of anilines is 1. The predicted molar refractivity (Wildman–Crippen MR) is 111 cm³/mol. The van der Waals surface area contributed by atoms with Gasteiger partial charge in [0.2, 0.25) is 11.1 Å². The molecule has 0 atom stereocenters. The molecule has 1 aliphatic heterocycles. The topological polar surface area (TPSA) is 66.6 Å². The first-order valence-corrected chi connectivity index (χ1v) is 10.7. The van der Waals surface area contributed by atoms with E-state index in [0.717, 1.165) is 23.5 Å². The van der Waals surface area contributed by atoms with Crippen LogP contribution >= 0.6 is 11.8 Å². The lowest BCUT2D eigenvalue weighted by Crippen LogP contribution is -2.49. The van der Waals surface area contributed by atoms with Crippen LogP contribution in [0.2, 0.25) is 0 Å². The van der Waals surface area contributed by atoms with E-state index in [1.54, 1.807) is 15.5 Å². The maximum absolute atomic E-state index is 12.9. The average molecular weight is 450 g/mol. The molecular weight excluding hydrogens is 429 g/mol. The van der Waals surface area contributed by atoms with E-state index in [-0.39, 0.29) is 11.7 Å². The van der Waals surface area contributed by atoms with Gasteiger partial charge in [-0.3, -0.25) is 4.79 Å². The molecule has 3 heterocycles. The van der Waals surface area contributed by atoms with Gasteiger partial charge in [0, 0.05) is 43.3 Å². The van der Waals surface area contributed by atoms with E-state index >= 15 is 0 Å². The molecule has 4 rings (SSSR count). The van der Waals surface area contributed by atoms with Crippen LogP contribution in [0.3, 0.4) is 0 Å². The van der Waals surface area contributed by atoms with Crippen molar-refractivity contribution in [2.75, 3.05) is 36.8 Å². The SMILES string of the molecule is Cc1cc(C)n2nc(SCC(=O)N3CCN(c4cccc(C(F)(F)F)c4)CC3)nc2n1. The first-order valence-electron chi connectivity index (χ1n) is 9.74. The van der Waals surface area contributed by atoms with Crippen LogP contribution in [0.15, 0.2) is 35.5 Å². The van der Waals surface area contributed by atoms with Crippen molar-refractivity contribution in [3.63, 3.8) is 0 Å². The fraction of sp³-hybridized carbons (Fsp3) is 0.400. The third kappa shape index (κ3) is 4.76. The van der Waals surface area contributed by atoms with Gasteiger partial charge in [-0.25, -0.2) is 9.50 Å². The summed E-state index contributed by atoms with van der Waals surface area (Å²) in [5.74, 6) is 0.647. The monoisotopic (exact) mass is 450 g/mol. The lowest BCUT2D eigenvalue weighted by atomic mass is 10.1. The molecule has 0 radical (unpaired) electrons. The second kappa shape index (κ2) is 8.37. The van der Waals surface area contributed by atoms with Gasteiger partial charge in [0.25, 0.3) is 5.78 Å². The molecule has 1 aromatic carbocycles. The fourth-order valence-electron chi connectivity index (χ4n) is 3.52. The molecule has 0 aliphatic carbocycles. The van der Waals surface area contributed by atoms with Crippen molar-refractivity contribution in [1.29, 1.82) is 0 Å². The molecule has 0 unspecified atom stereocenters. The highest BCUT2D eigenvalue weighted by Gasteiger charge is 2.31. The second-order valence-corrected chi connectivity index (χ2v) is 8.29. The molecule has 1 fully saturated rings. The van der Waals surface area contributed by atoms with Gasteiger partial charge in [0.05, 0.1) is 11.3 Å². The van der Waals surface area contributed by atoms with Crippen molar-refractivity contribution in [3.05, 3.63) is 47.3 Å². The minimum Gasteiger partial charge on any atom is -0.368 e. The lowest BCUT2D eigenvalue weighted by Gasteiger charge is -2.36. The summed E-state index contributed by atoms with van der Waals surface area (Å²) in [6.45, 7) is 5.67. The molecule has 164 valence electrons. The average Bonchev–Trinajstić information content (AvgIpc) is 3.15. The van der Waals surface area contributed by atoms with Crippen molar-refractivity contribution >= 4 is 29.1 Å². The third-order valence-corrected chi connectivity index (χ3v) is 5.92. The van der Waals surface area contributed by atoms with Crippen LogP contribution < -0.4 is 4.90 Å². The maximum atomic E-state index is 12.9. The number of aryl methyl sites for hydroxylation is 2.